The number of hydrogen-bond acceptors (Lipinski definition) is 4. The van der Waals surface area contributed by atoms with Gasteiger partial charge in [-0.1, -0.05) is 13.3 Å². The average molecular weight is 287 g/mol. The van der Waals surface area contributed by atoms with Gasteiger partial charge >= 0.3 is 12.1 Å². The molecule has 118 valence electrons. The maximum absolute atomic E-state index is 12.2. The number of nitrogens with zero attached hydrogens (tertiary/aromatic N) is 1. The second-order valence-electron chi connectivity index (χ2n) is 5.69. The molecular weight excluding hydrogens is 258 g/mol. The highest BCUT2D eigenvalue weighted by Crippen LogP contribution is 2.24. The molecule has 0 N–H and O–H groups in total. The molecule has 0 aromatic rings. The Hall–Kier alpha value is -1.26. The number of amides is 1. The van der Waals surface area contributed by atoms with E-state index in [2.05, 4.69) is 0 Å². The average Bonchev–Trinajstić information content (AvgIpc) is 2.27. The summed E-state index contributed by atoms with van der Waals surface area (Å²) in [6.45, 7) is 12.1. The fourth-order valence-electron chi connectivity index (χ4n) is 2.23. The van der Waals surface area contributed by atoms with Crippen LogP contribution in [0.1, 0.15) is 60.8 Å². The first kappa shape index (κ1) is 18.7. The van der Waals surface area contributed by atoms with E-state index in [0.29, 0.717) is 13.2 Å². The summed E-state index contributed by atoms with van der Waals surface area (Å²) >= 11 is 0. The zero-order valence-corrected chi connectivity index (χ0v) is 13.7. The predicted molar refractivity (Wildman–Crippen MR) is 78.6 cm³/mol. The van der Waals surface area contributed by atoms with Crippen molar-refractivity contribution < 1.29 is 19.1 Å². The van der Waals surface area contributed by atoms with E-state index in [9.17, 15) is 9.59 Å². The van der Waals surface area contributed by atoms with Crippen molar-refractivity contribution in [2.24, 2.45) is 0 Å². The van der Waals surface area contributed by atoms with Gasteiger partial charge in [0.05, 0.1) is 19.6 Å². The lowest BCUT2D eigenvalue weighted by Gasteiger charge is -2.40. The van der Waals surface area contributed by atoms with E-state index in [-0.39, 0.29) is 24.5 Å². The molecule has 0 heterocycles. The van der Waals surface area contributed by atoms with Crippen molar-refractivity contribution in [3.05, 3.63) is 0 Å². The molecule has 0 spiro atoms. The van der Waals surface area contributed by atoms with Crippen LogP contribution in [0.4, 0.5) is 4.79 Å². The zero-order chi connectivity index (χ0) is 15.8. The Labute approximate surface area is 122 Å². The fourth-order valence-corrected chi connectivity index (χ4v) is 2.23. The van der Waals surface area contributed by atoms with Crippen molar-refractivity contribution >= 4 is 12.1 Å². The molecule has 1 atom stereocenters. The minimum Gasteiger partial charge on any atom is -0.466 e. The number of carbonyl (C=O) groups is 2. The Balaban J connectivity index is 5.11. The lowest BCUT2D eigenvalue weighted by Crippen LogP contribution is -2.52. The van der Waals surface area contributed by atoms with Crippen LogP contribution in [0.5, 0.6) is 0 Å². The number of carbonyl (C=O) groups excluding carboxylic acids is 2. The minimum absolute atomic E-state index is 0.196. The van der Waals surface area contributed by atoms with Crippen LogP contribution in [-0.4, -0.2) is 41.8 Å². The molecule has 0 aliphatic rings. The van der Waals surface area contributed by atoms with Crippen LogP contribution in [0.3, 0.4) is 0 Å². The number of esters is 1. The van der Waals surface area contributed by atoms with Crippen molar-refractivity contribution in [2.45, 2.75) is 72.4 Å². The molecule has 20 heavy (non-hydrogen) atoms. The zero-order valence-electron chi connectivity index (χ0n) is 13.7. The topological polar surface area (TPSA) is 55.8 Å². The summed E-state index contributed by atoms with van der Waals surface area (Å²) in [6, 6.07) is -0.196. The van der Waals surface area contributed by atoms with E-state index < -0.39 is 5.54 Å². The highest BCUT2D eigenvalue weighted by molar-refractivity contribution is 5.73. The SMILES string of the molecule is CCCC(CC(=O)OCC)N(C(=O)OCC)C(C)(C)C. The first-order valence-electron chi connectivity index (χ1n) is 7.39. The second-order valence-corrected chi connectivity index (χ2v) is 5.69. The first-order valence-corrected chi connectivity index (χ1v) is 7.39. The summed E-state index contributed by atoms with van der Waals surface area (Å²) in [6.07, 6.45) is 1.46. The van der Waals surface area contributed by atoms with Crippen LogP contribution < -0.4 is 0 Å². The third kappa shape index (κ3) is 6.26. The standard InChI is InChI=1S/C15H29NO4/c1-7-10-12(11-13(17)19-8-2)16(15(4,5)6)14(18)20-9-3/h12H,7-11H2,1-6H3. The maximum atomic E-state index is 12.2. The van der Waals surface area contributed by atoms with Gasteiger partial charge in [0.2, 0.25) is 0 Å². The summed E-state index contributed by atoms with van der Waals surface area (Å²) < 4.78 is 10.1. The van der Waals surface area contributed by atoms with Gasteiger partial charge in [0.25, 0.3) is 0 Å². The normalized spacial score (nSPS) is 12.7. The molecule has 0 radical (unpaired) electrons. The van der Waals surface area contributed by atoms with E-state index in [1.807, 2.05) is 27.7 Å². The summed E-state index contributed by atoms with van der Waals surface area (Å²) in [5, 5.41) is 0. The molecule has 0 fully saturated rings. The van der Waals surface area contributed by atoms with Crippen molar-refractivity contribution in [1.82, 2.24) is 4.90 Å². The molecule has 0 saturated heterocycles. The first-order chi connectivity index (χ1) is 9.27. The molecule has 0 bridgehead atoms. The molecule has 0 aliphatic heterocycles. The Kier molecular flexibility index (Phi) is 8.26. The van der Waals surface area contributed by atoms with Crippen molar-refractivity contribution in [3.8, 4) is 0 Å². The molecule has 0 saturated carbocycles. The lowest BCUT2D eigenvalue weighted by atomic mass is 9.99. The third-order valence-electron chi connectivity index (χ3n) is 2.88. The van der Waals surface area contributed by atoms with Gasteiger partial charge in [0.1, 0.15) is 0 Å². The monoisotopic (exact) mass is 287 g/mol. The van der Waals surface area contributed by atoms with E-state index in [4.69, 9.17) is 9.47 Å². The smallest absolute Gasteiger partial charge is 0.410 e. The highest BCUT2D eigenvalue weighted by atomic mass is 16.6. The maximum Gasteiger partial charge on any atom is 0.410 e. The van der Waals surface area contributed by atoms with Crippen LogP contribution >= 0.6 is 0 Å². The number of ether oxygens (including phenoxy) is 2. The van der Waals surface area contributed by atoms with Gasteiger partial charge in [-0.2, -0.15) is 0 Å². The van der Waals surface area contributed by atoms with Gasteiger partial charge in [-0.3, -0.25) is 9.69 Å². The van der Waals surface area contributed by atoms with Crippen LogP contribution in [-0.2, 0) is 14.3 Å². The van der Waals surface area contributed by atoms with E-state index >= 15 is 0 Å². The number of hydrogen-bond donors (Lipinski definition) is 0. The Morgan fingerprint density at radius 2 is 1.60 bits per heavy atom. The van der Waals surface area contributed by atoms with Crippen LogP contribution in [0.15, 0.2) is 0 Å². The summed E-state index contributed by atoms with van der Waals surface area (Å²) in [7, 11) is 0. The molecule has 1 unspecified atom stereocenters. The quantitative estimate of drug-likeness (QED) is 0.674. The Morgan fingerprint density at radius 1 is 1.05 bits per heavy atom. The van der Waals surface area contributed by atoms with Gasteiger partial charge in [-0.05, 0) is 41.0 Å². The molecule has 5 nitrogen and oxygen atoms in total. The second kappa shape index (κ2) is 8.82. The van der Waals surface area contributed by atoms with Crippen molar-refractivity contribution in [3.63, 3.8) is 0 Å². The van der Waals surface area contributed by atoms with Crippen LogP contribution in [0, 0.1) is 0 Å². The van der Waals surface area contributed by atoms with Gasteiger partial charge in [-0.25, -0.2) is 4.79 Å². The molecule has 0 aromatic heterocycles. The molecule has 5 heteroatoms. The molecule has 0 rings (SSSR count). The van der Waals surface area contributed by atoms with Gasteiger partial charge in [-0.15, -0.1) is 0 Å². The molecule has 1 amide bonds. The summed E-state index contributed by atoms with van der Waals surface area (Å²) in [5.41, 5.74) is -0.404. The van der Waals surface area contributed by atoms with Gasteiger partial charge in [0, 0.05) is 11.6 Å². The molecule has 0 aliphatic carbocycles. The van der Waals surface area contributed by atoms with E-state index in [1.54, 1.807) is 18.7 Å². The van der Waals surface area contributed by atoms with Crippen LogP contribution in [0.25, 0.3) is 0 Å². The van der Waals surface area contributed by atoms with Crippen molar-refractivity contribution in [2.75, 3.05) is 13.2 Å². The van der Waals surface area contributed by atoms with Gasteiger partial charge < -0.3 is 9.47 Å². The molecular formula is C15H29NO4. The highest BCUT2D eigenvalue weighted by Gasteiger charge is 2.35. The van der Waals surface area contributed by atoms with Gasteiger partial charge in [0.15, 0.2) is 0 Å². The summed E-state index contributed by atoms with van der Waals surface area (Å²) in [4.78, 5) is 25.6. The minimum atomic E-state index is -0.404. The van der Waals surface area contributed by atoms with E-state index in [1.165, 1.54) is 0 Å². The Bertz CT molecular complexity index is 309. The third-order valence-corrected chi connectivity index (χ3v) is 2.88. The fraction of sp³-hybridized carbons (Fsp3) is 0.867. The Morgan fingerprint density at radius 3 is 2.00 bits per heavy atom. The van der Waals surface area contributed by atoms with E-state index in [0.717, 1.165) is 12.8 Å². The largest absolute Gasteiger partial charge is 0.466 e. The number of rotatable bonds is 7. The van der Waals surface area contributed by atoms with Crippen molar-refractivity contribution in [1.29, 1.82) is 0 Å². The predicted octanol–water partition coefficient (Wildman–Crippen LogP) is 3.37. The molecule has 0 aromatic carbocycles. The summed E-state index contributed by atoms with van der Waals surface area (Å²) in [5.74, 6) is -0.274. The van der Waals surface area contributed by atoms with Crippen LogP contribution in [0.2, 0.25) is 0 Å². The lowest BCUT2D eigenvalue weighted by molar-refractivity contribution is -0.144.